The fraction of sp³-hybridized carbons (Fsp3) is 0.417. The van der Waals surface area contributed by atoms with Crippen molar-refractivity contribution < 1.29 is 18.5 Å². The molecule has 226 valence electrons. The van der Waals surface area contributed by atoms with Crippen LogP contribution in [-0.4, -0.2) is 39.8 Å². The molecule has 0 aliphatic heterocycles. The van der Waals surface area contributed by atoms with E-state index >= 15 is 0 Å². The Bertz CT molecular complexity index is 1160. The Morgan fingerprint density at radius 3 is 1.95 bits per heavy atom. The lowest BCUT2D eigenvalue weighted by atomic mass is 9.96. The minimum atomic E-state index is -2.65. The van der Waals surface area contributed by atoms with E-state index in [1.807, 2.05) is 18.2 Å². The molecule has 0 radical (unpaired) electrons. The maximum Gasteiger partial charge on any atom is 0.338 e. The lowest BCUT2D eigenvalue weighted by Gasteiger charge is -2.44. The van der Waals surface area contributed by atoms with Gasteiger partial charge in [-0.2, -0.15) is 0 Å². The van der Waals surface area contributed by atoms with Crippen LogP contribution < -0.4 is 10.4 Å². The van der Waals surface area contributed by atoms with Crippen LogP contribution >= 0.6 is 8.81 Å². The average molecular weight is 605 g/mol. The standard InChI is InChI=1S/C36H49O4PSi/c1-7-8-20-31(28-41-38-6)34(39-35(37)30-21-12-9-13-22-30)27-18-19-29(2)40-42(36(3,4)5,32-23-14-10-15-24-32)33-25-16-11-17-26-33/h9-18,21-27,29,31,34,41H,7-8,19-20,28H2,1-6H3/b27-18-/t29-,31+,34?/m0/s1. The Labute approximate surface area is 256 Å². The van der Waals surface area contributed by atoms with Crippen molar-refractivity contribution in [2.45, 2.75) is 77.5 Å². The first kappa shape index (κ1) is 33.9. The van der Waals surface area contributed by atoms with Crippen molar-refractivity contribution in [3.8, 4) is 0 Å². The highest BCUT2D eigenvalue weighted by Gasteiger charge is 2.50. The quantitative estimate of drug-likeness (QED) is 0.0716. The molecule has 0 bridgehead atoms. The molecular formula is C36H49O4PSi. The van der Waals surface area contributed by atoms with Crippen LogP contribution in [0.25, 0.3) is 0 Å². The van der Waals surface area contributed by atoms with Crippen LogP contribution in [0.5, 0.6) is 0 Å². The summed E-state index contributed by atoms with van der Waals surface area (Å²) in [6.07, 6.45) is 8.63. The zero-order chi connectivity index (χ0) is 30.4. The smallest absolute Gasteiger partial charge is 0.338 e. The Balaban J connectivity index is 1.88. The summed E-state index contributed by atoms with van der Waals surface area (Å²) in [4.78, 5) is 13.1. The second-order valence-electron chi connectivity index (χ2n) is 11.9. The summed E-state index contributed by atoms with van der Waals surface area (Å²) in [5.74, 6) is -0.0934. The monoisotopic (exact) mass is 604 g/mol. The van der Waals surface area contributed by atoms with Gasteiger partial charge < -0.3 is 13.7 Å². The third kappa shape index (κ3) is 9.22. The van der Waals surface area contributed by atoms with E-state index in [0.29, 0.717) is 14.4 Å². The number of hydrogen-bond acceptors (Lipinski definition) is 4. The van der Waals surface area contributed by atoms with E-state index in [1.54, 1.807) is 19.2 Å². The number of carbonyl (C=O) groups is 1. The molecule has 0 amide bonds. The summed E-state index contributed by atoms with van der Waals surface area (Å²) in [5.41, 5.74) is 0.572. The van der Waals surface area contributed by atoms with Crippen molar-refractivity contribution in [2.75, 3.05) is 13.3 Å². The summed E-state index contributed by atoms with van der Waals surface area (Å²) in [7, 11) is -0.543. The molecule has 0 aromatic heterocycles. The Morgan fingerprint density at radius 2 is 1.45 bits per heavy atom. The first-order chi connectivity index (χ1) is 20.2. The summed E-state index contributed by atoms with van der Waals surface area (Å²) in [6, 6.07) is 30.7. The van der Waals surface area contributed by atoms with E-state index in [2.05, 4.69) is 107 Å². The Hall–Kier alpha value is -2.56. The van der Waals surface area contributed by atoms with Crippen LogP contribution in [0.1, 0.15) is 70.7 Å². The number of carbonyl (C=O) groups excluding carboxylic acids is 1. The topological polar surface area (TPSA) is 44.8 Å². The molecule has 3 rings (SSSR count). The summed E-state index contributed by atoms with van der Waals surface area (Å²) in [5, 5.41) is 2.46. The van der Waals surface area contributed by atoms with Crippen molar-refractivity contribution in [3.05, 3.63) is 109 Å². The highest BCUT2D eigenvalue weighted by atomic mass is 31.1. The molecule has 4 nitrogen and oxygen atoms in total. The van der Waals surface area contributed by atoms with Gasteiger partial charge in [-0.05, 0) is 59.5 Å². The molecule has 0 saturated carbocycles. The predicted molar refractivity (Wildman–Crippen MR) is 181 cm³/mol. The van der Waals surface area contributed by atoms with Crippen molar-refractivity contribution in [2.24, 2.45) is 5.92 Å². The van der Waals surface area contributed by atoms with E-state index in [4.69, 9.17) is 13.7 Å². The minimum Gasteiger partial charge on any atom is -0.454 e. The summed E-state index contributed by atoms with van der Waals surface area (Å²) < 4.78 is 18.9. The van der Waals surface area contributed by atoms with Gasteiger partial charge in [-0.1, -0.05) is 125 Å². The Morgan fingerprint density at radius 1 is 0.905 bits per heavy atom. The fourth-order valence-corrected chi connectivity index (χ4v) is 11.1. The molecular weight excluding hydrogens is 555 g/mol. The van der Waals surface area contributed by atoms with Gasteiger partial charge in [0.1, 0.15) is 6.10 Å². The molecule has 0 fully saturated rings. The number of rotatable bonds is 16. The minimum absolute atomic E-state index is 0.0343. The molecule has 0 aliphatic rings. The molecule has 3 aromatic carbocycles. The molecule has 42 heavy (non-hydrogen) atoms. The van der Waals surface area contributed by atoms with E-state index in [1.165, 1.54) is 10.4 Å². The second kappa shape index (κ2) is 16.9. The predicted octanol–water partition coefficient (Wildman–Crippen LogP) is 8.17. The summed E-state index contributed by atoms with van der Waals surface area (Å²) in [6.45, 7) is 11.3. The van der Waals surface area contributed by atoms with Crippen LogP contribution in [0.15, 0.2) is 103 Å². The molecule has 2 unspecified atom stereocenters. The first-order valence-corrected chi connectivity index (χ1v) is 18.2. The van der Waals surface area contributed by atoms with Gasteiger partial charge in [0, 0.05) is 27.9 Å². The van der Waals surface area contributed by atoms with Gasteiger partial charge >= 0.3 is 5.97 Å². The zero-order valence-corrected chi connectivity index (χ0v) is 28.2. The van der Waals surface area contributed by atoms with Crippen molar-refractivity contribution in [3.63, 3.8) is 0 Å². The second-order valence-corrected chi connectivity index (χ2v) is 17.3. The SMILES string of the molecule is CCCC[C@H](CPOC)C(/C=C\C[C@H](C)O[Si](c1ccccc1)(c1ccccc1)C(C)(C)C)OC(=O)c1ccccc1. The normalized spacial score (nSPS) is 14.7. The molecule has 4 atom stereocenters. The van der Waals surface area contributed by atoms with E-state index < -0.39 is 8.32 Å². The van der Waals surface area contributed by atoms with Crippen molar-refractivity contribution >= 4 is 33.5 Å². The van der Waals surface area contributed by atoms with E-state index in [9.17, 15) is 4.79 Å². The largest absolute Gasteiger partial charge is 0.454 e. The van der Waals surface area contributed by atoms with Crippen LogP contribution in [-0.2, 0) is 13.7 Å². The molecule has 0 heterocycles. The fourth-order valence-electron chi connectivity index (χ4n) is 5.54. The maximum absolute atomic E-state index is 13.1. The van der Waals surface area contributed by atoms with Gasteiger partial charge in [-0.15, -0.1) is 0 Å². The number of benzene rings is 3. The highest BCUT2D eigenvalue weighted by Crippen LogP contribution is 2.38. The summed E-state index contributed by atoms with van der Waals surface area (Å²) >= 11 is 0. The molecule has 0 aliphatic carbocycles. The molecule has 0 N–H and O–H groups in total. The highest BCUT2D eigenvalue weighted by molar-refractivity contribution is 7.32. The van der Waals surface area contributed by atoms with Gasteiger partial charge in [-0.25, -0.2) is 4.79 Å². The van der Waals surface area contributed by atoms with Crippen LogP contribution in [0, 0.1) is 5.92 Å². The molecule has 0 spiro atoms. The zero-order valence-electron chi connectivity index (χ0n) is 26.2. The van der Waals surface area contributed by atoms with E-state index in [0.717, 1.165) is 31.8 Å². The van der Waals surface area contributed by atoms with Gasteiger partial charge in [0.15, 0.2) is 0 Å². The van der Waals surface area contributed by atoms with Gasteiger partial charge in [0.2, 0.25) is 0 Å². The number of ether oxygens (including phenoxy) is 1. The van der Waals surface area contributed by atoms with Crippen LogP contribution in [0.4, 0.5) is 0 Å². The van der Waals surface area contributed by atoms with E-state index in [-0.39, 0.29) is 29.1 Å². The number of unbranched alkanes of at least 4 members (excludes halogenated alkanes) is 1. The molecule has 6 heteroatoms. The third-order valence-electron chi connectivity index (χ3n) is 7.72. The molecule has 3 aromatic rings. The number of hydrogen-bond donors (Lipinski definition) is 0. The Kier molecular flexibility index (Phi) is 13.7. The number of esters is 1. The van der Waals surface area contributed by atoms with Gasteiger partial charge in [-0.3, -0.25) is 0 Å². The first-order valence-electron chi connectivity index (χ1n) is 15.2. The van der Waals surface area contributed by atoms with Crippen LogP contribution in [0.3, 0.4) is 0 Å². The third-order valence-corrected chi connectivity index (χ3v) is 13.9. The van der Waals surface area contributed by atoms with Gasteiger partial charge in [0.05, 0.1) is 5.56 Å². The average Bonchev–Trinajstić information content (AvgIpc) is 3.00. The maximum atomic E-state index is 13.1. The van der Waals surface area contributed by atoms with Crippen LogP contribution in [0.2, 0.25) is 5.04 Å². The lowest BCUT2D eigenvalue weighted by Crippen LogP contribution is -2.67. The van der Waals surface area contributed by atoms with Crippen molar-refractivity contribution in [1.82, 2.24) is 0 Å². The lowest BCUT2D eigenvalue weighted by molar-refractivity contribution is 0.0283. The van der Waals surface area contributed by atoms with Gasteiger partial charge in [0.25, 0.3) is 8.32 Å². The van der Waals surface area contributed by atoms with Crippen molar-refractivity contribution in [1.29, 1.82) is 0 Å². The molecule has 0 saturated heterocycles.